The van der Waals surface area contributed by atoms with Gasteiger partial charge in [-0.1, -0.05) is 0 Å². The first-order valence-electron chi connectivity index (χ1n) is 4.60. The van der Waals surface area contributed by atoms with E-state index in [9.17, 15) is 9.18 Å². The van der Waals surface area contributed by atoms with Gasteiger partial charge in [0.1, 0.15) is 17.1 Å². The summed E-state index contributed by atoms with van der Waals surface area (Å²) in [7, 11) is 1.30. The Labute approximate surface area is 91.1 Å². The molecule has 0 saturated carbocycles. The van der Waals surface area contributed by atoms with E-state index >= 15 is 0 Å². The molecule has 1 N–H and O–H groups in total. The number of benzene rings is 1. The quantitative estimate of drug-likeness (QED) is 0.787. The average molecular weight is 220 g/mol. The molecule has 5 heteroatoms. The molecule has 0 aliphatic heterocycles. The summed E-state index contributed by atoms with van der Waals surface area (Å²) < 4.78 is 17.3. The molecular formula is C11H9FN2O2. The molecule has 0 spiro atoms. The summed E-state index contributed by atoms with van der Waals surface area (Å²) in [6.07, 6.45) is 1.45. The van der Waals surface area contributed by atoms with Crippen LogP contribution in [0.5, 0.6) is 0 Å². The van der Waals surface area contributed by atoms with Gasteiger partial charge >= 0.3 is 5.97 Å². The molecule has 0 saturated heterocycles. The van der Waals surface area contributed by atoms with Gasteiger partial charge in [0.15, 0.2) is 0 Å². The Hall–Kier alpha value is -2.17. The Balaban J connectivity index is 2.44. The lowest BCUT2D eigenvalue weighted by molar-refractivity contribution is 0.0601. The molecule has 1 aromatic heterocycles. The molecule has 1 aromatic carbocycles. The van der Waals surface area contributed by atoms with E-state index in [4.69, 9.17) is 0 Å². The van der Waals surface area contributed by atoms with Crippen LogP contribution in [0.15, 0.2) is 30.5 Å². The zero-order valence-electron chi connectivity index (χ0n) is 8.53. The maximum Gasteiger partial charge on any atom is 0.341 e. The van der Waals surface area contributed by atoms with Crippen molar-refractivity contribution in [2.24, 2.45) is 0 Å². The average Bonchev–Trinajstić information content (AvgIpc) is 2.78. The third-order valence-electron chi connectivity index (χ3n) is 2.16. The van der Waals surface area contributed by atoms with Gasteiger partial charge in [0.05, 0.1) is 7.11 Å². The van der Waals surface area contributed by atoms with Gasteiger partial charge < -0.3 is 4.74 Å². The minimum Gasteiger partial charge on any atom is -0.465 e. The second-order valence-electron chi connectivity index (χ2n) is 3.15. The number of nitrogens with one attached hydrogen (secondary N) is 1. The molecule has 0 aliphatic carbocycles. The van der Waals surface area contributed by atoms with Crippen molar-refractivity contribution in [3.63, 3.8) is 0 Å². The van der Waals surface area contributed by atoms with Crippen LogP contribution in [0.3, 0.4) is 0 Å². The number of hydrogen-bond donors (Lipinski definition) is 1. The third-order valence-corrected chi connectivity index (χ3v) is 2.16. The minimum atomic E-state index is -0.479. The zero-order chi connectivity index (χ0) is 11.5. The lowest BCUT2D eigenvalue weighted by Crippen LogP contribution is -2.01. The van der Waals surface area contributed by atoms with Crippen molar-refractivity contribution in [3.8, 4) is 11.3 Å². The Bertz CT molecular complexity index is 505. The van der Waals surface area contributed by atoms with E-state index in [1.165, 1.54) is 25.4 Å². The summed E-state index contributed by atoms with van der Waals surface area (Å²) in [6.45, 7) is 0. The largest absolute Gasteiger partial charge is 0.465 e. The highest BCUT2D eigenvalue weighted by molar-refractivity contribution is 5.95. The highest BCUT2D eigenvalue weighted by atomic mass is 19.1. The standard InChI is InChI=1S/C11H9FN2O2/c1-16-11(15)9-6-13-14-10(9)7-2-4-8(12)5-3-7/h2-6H,1H3,(H,13,14). The van der Waals surface area contributed by atoms with E-state index < -0.39 is 5.97 Å². The van der Waals surface area contributed by atoms with Gasteiger partial charge in [-0.3, -0.25) is 5.10 Å². The number of esters is 1. The first-order chi connectivity index (χ1) is 7.72. The number of aromatic nitrogens is 2. The molecule has 82 valence electrons. The summed E-state index contributed by atoms with van der Waals surface area (Å²) in [5.41, 5.74) is 1.43. The fraction of sp³-hybridized carbons (Fsp3) is 0.0909. The zero-order valence-corrected chi connectivity index (χ0v) is 8.53. The molecule has 0 fully saturated rings. The lowest BCUT2D eigenvalue weighted by atomic mass is 10.1. The summed E-state index contributed by atoms with van der Waals surface area (Å²) >= 11 is 0. The van der Waals surface area contributed by atoms with Crippen molar-refractivity contribution in [1.29, 1.82) is 0 Å². The van der Waals surface area contributed by atoms with Crippen LogP contribution in [-0.4, -0.2) is 23.3 Å². The predicted octanol–water partition coefficient (Wildman–Crippen LogP) is 2.00. The number of hydrogen-bond acceptors (Lipinski definition) is 3. The smallest absolute Gasteiger partial charge is 0.341 e. The highest BCUT2D eigenvalue weighted by Crippen LogP contribution is 2.21. The second-order valence-corrected chi connectivity index (χ2v) is 3.15. The number of methoxy groups -OCH3 is 1. The number of H-pyrrole nitrogens is 1. The molecule has 0 radical (unpaired) electrons. The van der Waals surface area contributed by atoms with E-state index in [-0.39, 0.29) is 5.82 Å². The van der Waals surface area contributed by atoms with Gasteiger partial charge in [-0.05, 0) is 24.3 Å². The summed E-state index contributed by atoms with van der Waals surface area (Å²) in [4.78, 5) is 11.4. The van der Waals surface area contributed by atoms with Crippen molar-refractivity contribution in [2.45, 2.75) is 0 Å². The molecule has 16 heavy (non-hydrogen) atoms. The molecule has 0 aliphatic rings. The van der Waals surface area contributed by atoms with Gasteiger partial charge in [-0.25, -0.2) is 9.18 Å². The number of carbonyl (C=O) groups is 1. The molecule has 2 rings (SSSR count). The van der Waals surface area contributed by atoms with E-state index in [1.807, 2.05) is 0 Å². The van der Waals surface area contributed by atoms with E-state index in [2.05, 4.69) is 14.9 Å². The van der Waals surface area contributed by atoms with E-state index in [1.54, 1.807) is 12.1 Å². The molecule has 4 nitrogen and oxygen atoms in total. The summed E-state index contributed by atoms with van der Waals surface area (Å²) in [5, 5.41) is 6.52. The summed E-state index contributed by atoms with van der Waals surface area (Å²) in [5.74, 6) is -0.813. The Kier molecular flexibility index (Phi) is 2.68. The molecule has 0 bridgehead atoms. The second kappa shape index (κ2) is 4.14. The van der Waals surface area contributed by atoms with Crippen LogP contribution in [0.4, 0.5) is 4.39 Å². The molecule has 0 atom stereocenters. The molecular weight excluding hydrogens is 211 g/mol. The Morgan fingerprint density at radius 1 is 1.38 bits per heavy atom. The first kappa shape index (κ1) is 10.4. The van der Waals surface area contributed by atoms with Crippen molar-refractivity contribution < 1.29 is 13.9 Å². The number of ether oxygens (including phenoxy) is 1. The van der Waals surface area contributed by atoms with E-state index in [0.29, 0.717) is 16.8 Å². The van der Waals surface area contributed by atoms with Crippen LogP contribution < -0.4 is 0 Å². The Morgan fingerprint density at radius 3 is 2.69 bits per heavy atom. The topological polar surface area (TPSA) is 55.0 Å². The number of nitrogens with zero attached hydrogens (tertiary/aromatic N) is 1. The monoisotopic (exact) mass is 220 g/mol. The van der Waals surface area contributed by atoms with Crippen LogP contribution >= 0.6 is 0 Å². The predicted molar refractivity (Wildman–Crippen MR) is 55.3 cm³/mol. The third kappa shape index (κ3) is 1.79. The maximum absolute atomic E-state index is 12.7. The molecule has 0 unspecified atom stereocenters. The maximum atomic E-state index is 12.7. The normalized spacial score (nSPS) is 10.1. The number of aromatic amines is 1. The van der Waals surface area contributed by atoms with Gasteiger partial charge in [-0.2, -0.15) is 5.10 Å². The highest BCUT2D eigenvalue weighted by Gasteiger charge is 2.15. The van der Waals surface area contributed by atoms with Gasteiger partial charge in [0.25, 0.3) is 0 Å². The molecule has 1 heterocycles. The fourth-order valence-corrected chi connectivity index (χ4v) is 1.38. The van der Waals surface area contributed by atoms with Crippen LogP contribution in [0, 0.1) is 5.82 Å². The van der Waals surface area contributed by atoms with Crippen molar-refractivity contribution >= 4 is 5.97 Å². The van der Waals surface area contributed by atoms with Crippen molar-refractivity contribution in [1.82, 2.24) is 10.2 Å². The SMILES string of the molecule is COC(=O)c1c[nH]nc1-c1ccc(F)cc1. The van der Waals surface area contributed by atoms with E-state index in [0.717, 1.165) is 0 Å². The van der Waals surface area contributed by atoms with Gasteiger partial charge in [0, 0.05) is 11.8 Å². The van der Waals surface area contributed by atoms with Crippen molar-refractivity contribution in [3.05, 3.63) is 41.8 Å². The van der Waals surface area contributed by atoms with Crippen LogP contribution in [0.2, 0.25) is 0 Å². The molecule has 0 amide bonds. The van der Waals surface area contributed by atoms with Gasteiger partial charge in [-0.15, -0.1) is 0 Å². The summed E-state index contributed by atoms with van der Waals surface area (Å²) in [6, 6.07) is 5.73. The fourth-order valence-electron chi connectivity index (χ4n) is 1.38. The lowest BCUT2D eigenvalue weighted by Gasteiger charge is -2.00. The van der Waals surface area contributed by atoms with Gasteiger partial charge in [0.2, 0.25) is 0 Å². The number of halogens is 1. The van der Waals surface area contributed by atoms with Crippen LogP contribution in [-0.2, 0) is 4.74 Å². The first-order valence-corrected chi connectivity index (χ1v) is 4.60. The number of carbonyl (C=O) groups excluding carboxylic acids is 1. The van der Waals surface area contributed by atoms with Crippen LogP contribution in [0.25, 0.3) is 11.3 Å². The Morgan fingerprint density at radius 2 is 2.06 bits per heavy atom. The minimum absolute atomic E-state index is 0.328. The van der Waals surface area contributed by atoms with Crippen molar-refractivity contribution in [2.75, 3.05) is 7.11 Å². The number of rotatable bonds is 2. The molecule has 2 aromatic rings. The van der Waals surface area contributed by atoms with Crippen LogP contribution in [0.1, 0.15) is 10.4 Å².